The van der Waals surface area contributed by atoms with E-state index in [0.29, 0.717) is 19.0 Å². The van der Waals surface area contributed by atoms with Gasteiger partial charge in [-0.2, -0.15) is 0 Å². The van der Waals surface area contributed by atoms with E-state index in [-0.39, 0.29) is 18.3 Å². The first-order valence-corrected chi connectivity index (χ1v) is 5.51. The van der Waals surface area contributed by atoms with Crippen molar-refractivity contribution in [3.05, 3.63) is 18.2 Å². The summed E-state index contributed by atoms with van der Waals surface area (Å²) in [6.45, 7) is 4.93. The fraction of sp³-hybridized carbons (Fsp3) is 0.636. The van der Waals surface area contributed by atoms with Crippen LogP contribution >= 0.6 is 0 Å². The molecule has 1 unspecified atom stereocenters. The number of aromatic nitrogens is 2. The normalized spacial score (nSPS) is 23.8. The van der Waals surface area contributed by atoms with Gasteiger partial charge in [0.1, 0.15) is 0 Å². The van der Waals surface area contributed by atoms with Crippen LogP contribution in [0.25, 0.3) is 0 Å². The molecule has 0 radical (unpaired) electrons. The van der Waals surface area contributed by atoms with Crippen molar-refractivity contribution < 1.29 is 14.2 Å². The highest BCUT2D eigenvalue weighted by atomic mass is 19.1. The number of aliphatic hydroxyl groups excluding tert-OH is 1. The number of ether oxygens (including phenoxy) is 1. The van der Waals surface area contributed by atoms with E-state index >= 15 is 0 Å². The Bertz CT molecular complexity index is 383. The van der Waals surface area contributed by atoms with Crippen LogP contribution in [0.2, 0.25) is 0 Å². The summed E-state index contributed by atoms with van der Waals surface area (Å²) in [6.07, 6.45) is 2.00. The van der Waals surface area contributed by atoms with E-state index in [1.54, 1.807) is 0 Å². The summed E-state index contributed by atoms with van der Waals surface area (Å²) in [7, 11) is 0. The predicted octanol–water partition coefficient (Wildman–Crippen LogP) is 0.592. The third-order valence-corrected chi connectivity index (χ3v) is 2.57. The number of halogens is 1. The zero-order valence-corrected chi connectivity index (χ0v) is 9.93. The summed E-state index contributed by atoms with van der Waals surface area (Å²) in [5.74, 6) is 0.00111. The molecule has 1 aromatic heterocycles. The van der Waals surface area contributed by atoms with Crippen molar-refractivity contribution in [1.82, 2.24) is 9.97 Å². The molecule has 0 saturated carbocycles. The first kappa shape index (κ1) is 12.2. The first-order valence-electron chi connectivity index (χ1n) is 5.51. The zero-order chi connectivity index (χ0) is 12.5. The molecular weight excluding hydrogens is 225 g/mol. The molecule has 0 amide bonds. The second-order valence-electron chi connectivity index (χ2n) is 4.76. The average molecular weight is 241 g/mol. The van der Waals surface area contributed by atoms with Crippen LogP contribution in [-0.4, -0.2) is 46.5 Å². The minimum atomic E-state index is -0.458. The van der Waals surface area contributed by atoms with E-state index in [1.165, 1.54) is 0 Å². The van der Waals surface area contributed by atoms with Gasteiger partial charge in [-0.15, -0.1) is 0 Å². The van der Waals surface area contributed by atoms with Crippen LogP contribution in [-0.2, 0) is 4.74 Å². The molecule has 2 heterocycles. The average Bonchev–Trinajstić information content (AvgIpc) is 2.27. The van der Waals surface area contributed by atoms with Gasteiger partial charge in [0.15, 0.2) is 5.82 Å². The second-order valence-corrected chi connectivity index (χ2v) is 4.76. The topological polar surface area (TPSA) is 58.5 Å². The number of anilines is 1. The minimum Gasteiger partial charge on any atom is -0.394 e. The highest BCUT2D eigenvalue weighted by Gasteiger charge is 2.34. The van der Waals surface area contributed by atoms with Crippen molar-refractivity contribution >= 4 is 5.95 Å². The maximum atomic E-state index is 12.7. The third kappa shape index (κ3) is 2.89. The molecular formula is C11H16FN3O2. The minimum absolute atomic E-state index is 0.0544. The van der Waals surface area contributed by atoms with Gasteiger partial charge in [0.2, 0.25) is 5.95 Å². The van der Waals surface area contributed by atoms with Gasteiger partial charge < -0.3 is 14.7 Å². The van der Waals surface area contributed by atoms with Crippen molar-refractivity contribution in [2.75, 3.05) is 24.6 Å². The van der Waals surface area contributed by atoms with Crippen molar-refractivity contribution in [3.8, 4) is 0 Å². The van der Waals surface area contributed by atoms with Crippen LogP contribution in [0.1, 0.15) is 13.8 Å². The maximum Gasteiger partial charge on any atom is 0.225 e. The fourth-order valence-electron chi connectivity index (χ4n) is 2.01. The standard InChI is InChI=1S/C11H16FN3O2/c1-11(2)7-15(5-9(6-16)17-11)10-13-3-8(12)4-14-10/h3-4,9,16H,5-7H2,1-2H3. The highest BCUT2D eigenvalue weighted by Crippen LogP contribution is 2.23. The Morgan fingerprint density at radius 1 is 1.53 bits per heavy atom. The van der Waals surface area contributed by atoms with E-state index in [2.05, 4.69) is 9.97 Å². The molecule has 0 bridgehead atoms. The molecule has 0 spiro atoms. The van der Waals surface area contributed by atoms with Gasteiger partial charge in [0.25, 0.3) is 0 Å². The Labute approximate surface area is 99.3 Å². The number of hydrogen-bond donors (Lipinski definition) is 1. The molecule has 0 aliphatic carbocycles. The lowest BCUT2D eigenvalue weighted by molar-refractivity contribution is -0.101. The summed E-state index contributed by atoms with van der Waals surface area (Å²) < 4.78 is 18.4. The molecule has 0 aromatic carbocycles. The Kier molecular flexibility index (Phi) is 3.26. The fourth-order valence-corrected chi connectivity index (χ4v) is 2.01. The van der Waals surface area contributed by atoms with Crippen LogP contribution in [0.5, 0.6) is 0 Å². The second kappa shape index (κ2) is 4.54. The highest BCUT2D eigenvalue weighted by molar-refractivity contribution is 5.30. The summed E-state index contributed by atoms with van der Waals surface area (Å²) in [5.41, 5.74) is -0.386. The monoisotopic (exact) mass is 241 g/mol. The van der Waals surface area contributed by atoms with Gasteiger partial charge in [-0.25, -0.2) is 14.4 Å². The summed E-state index contributed by atoms with van der Waals surface area (Å²) in [5, 5.41) is 9.18. The molecule has 1 atom stereocenters. The van der Waals surface area contributed by atoms with Gasteiger partial charge >= 0.3 is 0 Å². The molecule has 6 heteroatoms. The smallest absolute Gasteiger partial charge is 0.225 e. The maximum absolute atomic E-state index is 12.7. The molecule has 2 rings (SSSR count). The molecule has 5 nitrogen and oxygen atoms in total. The van der Waals surface area contributed by atoms with Crippen molar-refractivity contribution in [2.45, 2.75) is 25.6 Å². The predicted molar refractivity (Wildman–Crippen MR) is 60.2 cm³/mol. The number of hydrogen-bond acceptors (Lipinski definition) is 5. The molecule has 1 fully saturated rings. The quantitative estimate of drug-likeness (QED) is 0.821. The number of nitrogens with zero attached hydrogens (tertiary/aromatic N) is 3. The molecule has 1 saturated heterocycles. The lowest BCUT2D eigenvalue weighted by atomic mass is 10.1. The van der Waals surface area contributed by atoms with Gasteiger partial charge in [-0.3, -0.25) is 0 Å². The van der Waals surface area contributed by atoms with E-state index in [9.17, 15) is 9.50 Å². The number of morpholine rings is 1. The van der Waals surface area contributed by atoms with Gasteiger partial charge in [-0.05, 0) is 13.8 Å². The van der Waals surface area contributed by atoms with Crippen LogP contribution in [0, 0.1) is 5.82 Å². The molecule has 1 aliphatic heterocycles. The Morgan fingerprint density at radius 3 is 2.76 bits per heavy atom. The van der Waals surface area contributed by atoms with Crippen LogP contribution in [0.15, 0.2) is 12.4 Å². The van der Waals surface area contributed by atoms with Gasteiger partial charge in [0.05, 0.1) is 30.7 Å². The first-order chi connectivity index (χ1) is 8.00. The van der Waals surface area contributed by atoms with E-state index < -0.39 is 5.82 Å². The number of aliphatic hydroxyl groups is 1. The number of rotatable bonds is 2. The van der Waals surface area contributed by atoms with E-state index in [0.717, 1.165) is 12.4 Å². The van der Waals surface area contributed by atoms with Crippen molar-refractivity contribution in [2.24, 2.45) is 0 Å². The van der Waals surface area contributed by atoms with Crippen molar-refractivity contribution in [3.63, 3.8) is 0 Å². The summed E-state index contributed by atoms with van der Waals surface area (Å²) in [4.78, 5) is 9.77. The summed E-state index contributed by atoms with van der Waals surface area (Å²) >= 11 is 0. The Morgan fingerprint density at radius 2 is 2.18 bits per heavy atom. The lowest BCUT2D eigenvalue weighted by Crippen LogP contribution is -2.54. The van der Waals surface area contributed by atoms with Crippen molar-refractivity contribution in [1.29, 1.82) is 0 Å². The Hall–Kier alpha value is -1.27. The Balaban J connectivity index is 2.17. The third-order valence-electron chi connectivity index (χ3n) is 2.57. The van der Waals surface area contributed by atoms with Crippen LogP contribution in [0.3, 0.4) is 0 Å². The molecule has 1 N–H and O–H groups in total. The van der Waals surface area contributed by atoms with Crippen LogP contribution < -0.4 is 4.90 Å². The summed E-state index contributed by atoms with van der Waals surface area (Å²) in [6, 6.07) is 0. The molecule has 17 heavy (non-hydrogen) atoms. The van der Waals surface area contributed by atoms with Crippen LogP contribution in [0.4, 0.5) is 10.3 Å². The molecule has 1 aliphatic rings. The molecule has 94 valence electrons. The molecule has 1 aromatic rings. The largest absolute Gasteiger partial charge is 0.394 e. The van der Waals surface area contributed by atoms with Gasteiger partial charge in [-0.1, -0.05) is 0 Å². The van der Waals surface area contributed by atoms with E-state index in [1.807, 2.05) is 18.7 Å². The SMILES string of the molecule is CC1(C)CN(c2ncc(F)cn2)CC(CO)O1. The van der Waals surface area contributed by atoms with Gasteiger partial charge in [0, 0.05) is 13.1 Å². The van der Waals surface area contributed by atoms with E-state index in [4.69, 9.17) is 4.74 Å². The lowest BCUT2D eigenvalue weighted by Gasteiger charge is -2.42. The zero-order valence-electron chi connectivity index (χ0n) is 9.93.